The van der Waals surface area contributed by atoms with Gasteiger partial charge in [0.15, 0.2) is 5.82 Å². The van der Waals surface area contributed by atoms with E-state index in [0.717, 1.165) is 0 Å². The number of imidazole rings is 1. The minimum absolute atomic E-state index is 0.109. The number of aromatic nitrogens is 3. The first kappa shape index (κ1) is 25.2. The Morgan fingerprint density at radius 1 is 1.15 bits per heavy atom. The number of ether oxygens (including phenoxy) is 2. The number of pyridine rings is 1. The second-order valence-electron chi connectivity index (χ2n) is 9.44. The summed E-state index contributed by atoms with van der Waals surface area (Å²) in [6.07, 6.45) is 1.91. The van der Waals surface area contributed by atoms with Crippen molar-refractivity contribution in [3.8, 4) is 22.6 Å². The maximum Gasteiger partial charge on any atom is 0.387 e. The fourth-order valence-electron chi connectivity index (χ4n) is 5.80. The van der Waals surface area contributed by atoms with Gasteiger partial charge in [-0.25, -0.2) is 9.37 Å². The van der Waals surface area contributed by atoms with Crippen LogP contribution < -0.4 is 15.2 Å². The lowest BCUT2D eigenvalue weighted by atomic mass is 9.97. The Bertz CT molecular complexity index is 1620. The van der Waals surface area contributed by atoms with Gasteiger partial charge in [-0.3, -0.25) is 9.78 Å². The average Bonchev–Trinajstić information content (AvgIpc) is 3.59. The molecule has 4 aromatic rings. The molecule has 2 bridgehead atoms. The van der Waals surface area contributed by atoms with Crippen molar-refractivity contribution in [1.29, 1.82) is 0 Å². The summed E-state index contributed by atoms with van der Waals surface area (Å²) in [5.74, 6) is 0.0323. The van der Waals surface area contributed by atoms with E-state index in [1.165, 1.54) is 17.0 Å². The summed E-state index contributed by atoms with van der Waals surface area (Å²) < 4.78 is 55.0. The fourth-order valence-corrected chi connectivity index (χ4v) is 5.80. The molecule has 0 aliphatic carbocycles. The highest BCUT2D eigenvalue weighted by Crippen LogP contribution is 2.50. The highest BCUT2D eigenvalue weighted by molar-refractivity contribution is 5.98. The molecule has 0 spiro atoms. The van der Waals surface area contributed by atoms with E-state index in [0.29, 0.717) is 46.9 Å². The van der Waals surface area contributed by atoms with Gasteiger partial charge in [0.1, 0.15) is 35.1 Å². The number of amides is 1. The Labute approximate surface area is 222 Å². The molecule has 8 nitrogen and oxygen atoms in total. The summed E-state index contributed by atoms with van der Waals surface area (Å²) >= 11 is 0. The van der Waals surface area contributed by atoms with Crippen LogP contribution in [0.15, 0.2) is 42.6 Å². The van der Waals surface area contributed by atoms with Crippen molar-refractivity contribution < 1.29 is 27.4 Å². The first-order valence-corrected chi connectivity index (χ1v) is 12.8. The van der Waals surface area contributed by atoms with Gasteiger partial charge in [0.2, 0.25) is 0 Å². The minimum Gasteiger partial charge on any atom is -0.490 e. The Balaban J connectivity index is 0.00000135. The quantitative estimate of drug-likeness (QED) is 0.377. The SMILES string of the molecule is CC.CN1C(=O)c2cccc(OC(F)F)c2[C@H]2CC1c1nc3ccc(-c4cnc5c(c4)OCC5N)c(F)c3n12. The van der Waals surface area contributed by atoms with Crippen LogP contribution in [0.2, 0.25) is 0 Å². The lowest BCUT2D eigenvalue weighted by Gasteiger charge is -2.24. The first-order valence-electron chi connectivity index (χ1n) is 12.8. The summed E-state index contributed by atoms with van der Waals surface area (Å²) in [5, 5.41) is 0. The van der Waals surface area contributed by atoms with E-state index in [2.05, 4.69) is 9.97 Å². The van der Waals surface area contributed by atoms with E-state index >= 15 is 4.39 Å². The van der Waals surface area contributed by atoms with Crippen LogP contribution in [-0.4, -0.2) is 45.6 Å². The van der Waals surface area contributed by atoms with E-state index < -0.39 is 24.5 Å². The molecule has 5 heterocycles. The van der Waals surface area contributed by atoms with Gasteiger partial charge in [0.25, 0.3) is 5.91 Å². The molecule has 0 radical (unpaired) electrons. The van der Waals surface area contributed by atoms with Crippen LogP contribution >= 0.6 is 0 Å². The molecule has 2 N–H and O–H groups in total. The molecule has 0 saturated carbocycles. The topological polar surface area (TPSA) is 95.5 Å². The van der Waals surface area contributed by atoms with Crippen molar-refractivity contribution in [2.45, 2.75) is 45.0 Å². The van der Waals surface area contributed by atoms with Crippen molar-refractivity contribution in [2.24, 2.45) is 5.73 Å². The molecule has 3 atom stereocenters. The monoisotopic (exact) mass is 537 g/mol. The number of hydrogen-bond acceptors (Lipinski definition) is 6. The maximum atomic E-state index is 16.3. The molecular weight excluding hydrogens is 511 g/mol. The molecule has 0 saturated heterocycles. The summed E-state index contributed by atoms with van der Waals surface area (Å²) in [7, 11) is 1.64. The molecule has 202 valence electrons. The number of halogens is 3. The van der Waals surface area contributed by atoms with Crippen LogP contribution in [-0.2, 0) is 0 Å². The third kappa shape index (κ3) is 3.67. The Morgan fingerprint density at radius 3 is 2.72 bits per heavy atom. The van der Waals surface area contributed by atoms with Crippen molar-refractivity contribution >= 4 is 16.9 Å². The third-order valence-corrected chi connectivity index (χ3v) is 7.47. The Morgan fingerprint density at radius 2 is 1.95 bits per heavy atom. The van der Waals surface area contributed by atoms with Gasteiger partial charge in [-0.2, -0.15) is 8.78 Å². The van der Waals surface area contributed by atoms with E-state index in [1.54, 1.807) is 42.1 Å². The summed E-state index contributed by atoms with van der Waals surface area (Å²) in [5.41, 5.74) is 8.57. The second-order valence-corrected chi connectivity index (χ2v) is 9.44. The number of benzene rings is 2. The zero-order valence-corrected chi connectivity index (χ0v) is 21.5. The van der Waals surface area contributed by atoms with Crippen LogP contribution in [0.3, 0.4) is 0 Å². The predicted octanol–water partition coefficient (Wildman–Crippen LogP) is 5.38. The van der Waals surface area contributed by atoms with Gasteiger partial charge in [0, 0.05) is 41.9 Å². The number of hydrogen-bond donors (Lipinski definition) is 1. The summed E-state index contributed by atoms with van der Waals surface area (Å²) in [6, 6.07) is 8.09. The summed E-state index contributed by atoms with van der Waals surface area (Å²) in [6.45, 7) is 1.23. The smallest absolute Gasteiger partial charge is 0.387 e. The molecule has 3 aliphatic rings. The standard InChI is InChI=1S/C26H20F3N5O3.C2H6/c1-33-17-8-16(20-13(25(33)35)3-2-4-18(20)37-26(28)29)34-23-15(32-24(17)34)6-5-12(21(23)27)11-7-19-22(31-9-11)14(30)10-36-19;1-2/h2-7,9,14,16-17,26H,8,10,30H2,1H3;1-2H3/t14?,16-,17?;/m1./s1. The van der Waals surface area contributed by atoms with E-state index in [-0.39, 0.29) is 34.3 Å². The number of carbonyl (C=O) groups excluding carboxylic acids is 1. The molecule has 0 fully saturated rings. The normalized spacial score (nSPS) is 20.7. The van der Waals surface area contributed by atoms with Crippen LogP contribution in [0, 0.1) is 5.82 Å². The Kier molecular flexibility index (Phi) is 5.98. The number of carbonyl (C=O) groups is 1. The third-order valence-electron chi connectivity index (χ3n) is 7.47. The molecule has 11 heteroatoms. The highest BCUT2D eigenvalue weighted by atomic mass is 19.3. The first-order chi connectivity index (χ1) is 18.8. The zero-order chi connectivity index (χ0) is 27.6. The molecule has 7 rings (SSSR count). The highest BCUT2D eigenvalue weighted by Gasteiger charge is 2.45. The molecule has 2 aromatic carbocycles. The lowest BCUT2D eigenvalue weighted by Crippen LogP contribution is -2.30. The average molecular weight is 538 g/mol. The number of nitrogens with two attached hydrogens (primary N) is 1. The lowest BCUT2D eigenvalue weighted by molar-refractivity contribution is -0.0507. The molecule has 2 aromatic heterocycles. The Hall–Kier alpha value is -4.12. The molecular formula is C28H26F3N5O3. The fraction of sp³-hybridized carbons (Fsp3) is 0.321. The maximum absolute atomic E-state index is 16.3. The van der Waals surface area contributed by atoms with Gasteiger partial charge in [-0.1, -0.05) is 19.9 Å². The van der Waals surface area contributed by atoms with Crippen molar-refractivity contribution in [3.63, 3.8) is 0 Å². The van der Waals surface area contributed by atoms with Gasteiger partial charge in [-0.05, 0) is 30.3 Å². The predicted molar refractivity (Wildman–Crippen MR) is 137 cm³/mol. The summed E-state index contributed by atoms with van der Waals surface area (Å²) in [4.78, 5) is 23.8. The van der Waals surface area contributed by atoms with Crippen molar-refractivity contribution in [1.82, 2.24) is 19.4 Å². The molecule has 1 amide bonds. The van der Waals surface area contributed by atoms with E-state index in [4.69, 9.17) is 15.2 Å². The second kappa shape index (κ2) is 9.26. The van der Waals surface area contributed by atoms with E-state index in [9.17, 15) is 13.6 Å². The molecule has 39 heavy (non-hydrogen) atoms. The largest absolute Gasteiger partial charge is 0.490 e. The minimum atomic E-state index is -3.08. The van der Waals surface area contributed by atoms with Crippen molar-refractivity contribution in [2.75, 3.05) is 13.7 Å². The number of alkyl halides is 2. The molecule has 3 aliphatic heterocycles. The van der Waals surface area contributed by atoms with Crippen LogP contribution in [0.5, 0.6) is 11.5 Å². The number of rotatable bonds is 3. The van der Waals surface area contributed by atoms with Gasteiger partial charge in [-0.15, -0.1) is 0 Å². The van der Waals surface area contributed by atoms with Gasteiger partial charge in [0.05, 0.1) is 23.6 Å². The van der Waals surface area contributed by atoms with Crippen LogP contribution in [0.4, 0.5) is 13.2 Å². The van der Waals surface area contributed by atoms with Gasteiger partial charge < -0.3 is 24.7 Å². The van der Waals surface area contributed by atoms with E-state index in [1.807, 2.05) is 13.8 Å². The van der Waals surface area contributed by atoms with Crippen molar-refractivity contribution in [3.05, 3.63) is 71.1 Å². The van der Waals surface area contributed by atoms with Crippen LogP contribution in [0.25, 0.3) is 22.2 Å². The van der Waals surface area contributed by atoms with Gasteiger partial charge >= 0.3 is 6.61 Å². The van der Waals surface area contributed by atoms with Crippen LogP contribution in [0.1, 0.15) is 65.8 Å². The molecule has 2 unspecified atom stereocenters. The zero-order valence-electron chi connectivity index (χ0n) is 21.5. The number of nitrogens with zero attached hydrogens (tertiary/aromatic N) is 4. The number of fused-ring (bicyclic) bond motifs is 10.